The first-order valence-corrected chi connectivity index (χ1v) is 7.88. The molecule has 1 aromatic rings. The Bertz CT molecular complexity index is 438. The van der Waals surface area contributed by atoms with E-state index in [2.05, 4.69) is 49.2 Å². The third kappa shape index (κ3) is 3.66. The van der Waals surface area contributed by atoms with Crippen LogP contribution < -0.4 is 10.2 Å². The number of benzene rings is 1. The fourth-order valence-electron chi connectivity index (χ4n) is 2.63. The summed E-state index contributed by atoms with van der Waals surface area (Å²) in [7, 11) is 0. The minimum absolute atomic E-state index is 0.290. The van der Waals surface area contributed by atoms with Crippen molar-refractivity contribution in [3.63, 3.8) is 0 Å². The van der Waals surface area contributed by atoms with Crippen LogP contribution in [-0.2, 0) is 4.74 Å². The van der Waals surface area contributed by atoms with E-state index in [1.54, 1.807) is 0 Å². The minimum Gasteiger partial charge on any atom is -0.377 e. The van der Waals surface area contributed by atoms with Crippen LogP contribution in [0.2, 0.25) is 5.02 Å². The fourth-order valence-corrected chi connectivity index (χ4v) is 2.97. The molecule has 0 aromatic heterocycles. The molecule has 4 heteroatoms. The van der Waals surface area contributed by atoms with Crippen LogP contribution >= 0.6 is 11.6 Å². The van der Waals surface area contributed by atoms with Gasteiger partial charge in [-0.2, -0.15) is 0 Å². The summed E-state index contributed by atoms with van der Waals surface area (Å²) in [4.78, 5) is 2.36. The molecule has 0 amide bonds. The highest BCUT2D eigenvalue weighted by atomic mass is 35.5. The molecule has 20 heavy (non-hydrogen) atoms. The normalized spacial score (nSPS) is 21.0. The zero-order valence-corrected chi connectivity index (χ0v) is 13.4. The smallest absolute Gasteiger partial charge is 0.0668 e. The number of anilines is 1. The molecule has 1 fully saturated rings. The molecule has 2 unspecified atom stereocenters. The fraction of sp³-hybridized carbons (Fsp3) is 0.625. The summed E-state index contributed by atoms with van der Waals surface area (Å²) in [5, 5.41) is 4.32. The first-order valence-electron chi connectivity index (χ1n) is 7.50. The lowest BCUT2D eigenvalue weighted by atomic mass is 10.1. The summed E-state index contributed by atoms with van der Waals surface area (Å²) < 4.78 is 5.49. The second kappa shape index (κ2) is 7.30. The van der Waals surface area contributed by atoms with Crippen LogP contribution in [0.3, 0.4) is 0 Å². The van der Waals surface area contributed by atoms with Crippen LogP contribution in [0, 0.1) is 0 Å². The van der Waals surface area contributed by atoms with E-state index < -0.39 is 0 Å². The number of nitrogens with one attached hydrogen (secondary N) is 1. The van der Waals surface area contributed by atoms with E-state index >= 15 is 0 Å². The monoisotopic (exact) mass is 296 g/mol. The van der Waals surface area contributed by atoms with E-state index in [-0.39, 0.29) is 0 Å². The van der Waals surface area contributed by atoms with Gasteiger partial charge in [-0.25, -0.2) is 0 Å². The lowest BCUT2D eigenvalue weighted by Crippen LogP contribution is -2.43. The molecule has 2 rings (SSSR count). The Morgan fingerprint density at radius 3 is 2.95 bits per heavy atom. The maximum absolute atomic E-state index is 6.47. The highest BCUT2D eigenvalue weighted by molar-refractivity contribution is 6.31. The van der Waals surface area contributed by atoms with E-state index in [4.69, 9.17) is 16.3 Å². The van der Waals surface area contributed by atoms with Crippen molar-refractivity contribution in [3.8, 4) is 0 Å². The maximum Gasteiger partial charge on any atom is 0.0668 e. The topological polar surface area (TPSA) is 24.5 Å². The van der Waals surface area contributed by atoms with Crippen LogP contribution in [-0.4, -0.2) is 32.3 Å². The molecule has 1 N–H and O–H groups in total. The van der Waals surface area contributed by atoms with Gasteiger partial charge in [-0.3, -0.25) is 0 Å². The Labute approximate surface area is 127 Å². The van der Waals surface area contributed by atoms with Gasteiger partial charge in [0.25, 0.3) is 0 Å². The molecule has 1 aliphatic rings. The Morgan fingerprint density at radius 1 is 1.50 bits per heavy atom. The van der Waals surface area contributed by atoms with Gasteiger partial charge in [0, 0.05) is 29.3 Å². The van der Waals surface area contributed by atoms with Crippen LogP contribution in [0.1, 0.15) is 38.8 Å². The Balaban J connectivity index is 2.12. The molecule has 1 aliphatic heterocycles. The van der Waals surface area contributed by atoms with E-state index in [1.165, 1.54) is 11.3 Å². The van der Waals surface area contributed by atoms with Gasteiger partial charge >= 0.3 is 0 Å². The van der Waals surface area contributed by atoms with Crippen molar-refractivity contribution < 1.29 is 4.74 Å². The van der Waals surface area contributed by atoms with Crippen molar-refractivity contribution in [1.29, 1.82) is 0 Å². The van der Waals surface area contributed by atoms with Crippen LogP contribution in [0.25, 0.3) is 0 Å². The maximum atomic E-state index is 6.47. The molecule has 0 saturated carbocycles. The number of morpholine rings is 1. The predicted molar refractivity (Wildman–Crippen MR) is 85.8 cm³/mol. The molecule has 0 bridgehead atoms. The molecular formula is C16H25ClN2O. The molecule has 0 aliphatic carbocycles. The van der Waals surface area contributed by atoms with Gasteiger partial charge in [0.05, 0.1) is 13.2 Å². The van der Waals surface area contributed by atoms with Crippen LogP contribution in [0.15, 0.2) is 18.2 Å². The molecule has 1 heterocycles. The van der Waals surface area contributed by atoms with Gasteiger partial charge in [0.1, 0.15) is 0 Å². The Kier molecular flexibility index (Phi) is 5.70. The first-order chi connectivity index (χ1) is 9.63. The van der Waals surface area contributed by atoms with Gasteiger partial charge < -0.3 is 15.0 Å². The number of halogens is 1. The SMILES string of the molecule is CCCNC(C)c1ccc(N2CCOCC2C)cc1Cl. The number of hydrogen-bond donors (Lipinski definition) is 1. The zero-order valence-electron chi connectivity index (χ0n) is 12.7. The van der Waals surface area contributed by atoms with E-state index in [1.807, 2.05) is 0 Å². The Morgan fingerprint density at radius 2 is 2.30 bits per heavy atom. The van der Waals surface area contributed by atoms with Gasteiger partial charge in [0.15, 0.2) is 0 Å². The summed E-state index contributed by atoms with van der Waals surface area (Å²) in [6, 6.07) is 7.10. The molecule has 1 saturated heterocycles. The number of hydrogen-bond acceptors (Lipinski definition) is 3. The standard InChI is InChI=1S/C16H25ClN2O/c1-4-7-18-13(3)15-6-5-14(10-16(15)17)19-8-9-20-11-12(19)2/h5-6,10,12-13,18H,4,7-9,11H2,1-3H3. The number of nitrogens with zero attached hydrogens (tertiary/aromatic N) is 1. The third-order valence-corrected chi connectivity index (χ3v) is 4.18. The summed E-state index contributed by atoms with van der Waals surface area (Å²) in [6.07, 6.45) is 1.13. The molecule has 0 spiro atoms. The highest BCUT2D eigenvalue weighted by Crippen LogP contribution is 2.29. The second-order valence-corrected chi connectivity index (χ2v) is 5.91. The van der Waals surface area contributed by atoms with Gasteiger partial charge in [-0.05, 0) is 44.5 Å². The lowest BCUT2D eigenvalue weighted by Gasteiger charge is -2.35. The van der Waals surface area contributed by atoms with Crippen LogP contribution in [0.4, 0.5) is 5.69 Å². The molecular weight excluding hydrogens is 272 g/mol. The average molecular weight is 297 g/mol. The van der Waals surface area contributed by atoms with Crippen molar-refractivity contribution in [2.45, 2.75) is 39.3 Å². The van der Waals surface area contributed by atoms with Crippen molar-refractivity contribution in [2.24, 2.45) is 0 Å². The minimum atomic E-state index is 0.290. The average Bonchev–Trinajstić information content (AvgIpc) is 2.45. The quantitative estimate of drug-likeness (QED) is 0.898. The first kappa shape index (κ1) is 15.6. The molecule has 1 aromatic carbocycles. The van der Waals surface area contributed by atoms with Crippen molar-refractivity contribution in [1.82, 2.24) is 5.32 Å². The summed E-state index contributed by atoms with van der Waals surface area (Å²) in [5.41, 5.74) is 2.36. The molecule has 112 valence electrons. The summed E-state index contributed by atoms with van der Waals surface area (Å²) in [5.74, 6) is 0. The van der Waals surface area contributed by atoms with Gasteiger partial charge in [0.2, 0.25) is 0 Å². The lowest BCUT2D eigenvalue weighted by molar-refractivity contribution is 0.0989. The number of rotatable bonds is 5. The van der Waals surface area contributed by atoms with Gasteiger partial charge in [-0.1, -0.05) is 24.6 Å². The van der Waals surface area contributed by atoms with E-state index in [9.17, 15) is 0 Å². The molecule has 0 radical (unpaired) electrons. The van der Waals surface area contributed by atoms with E-state index in [0.717, 1.165) is 37.7 Å². The van der Waals surface area contributed by atoms with Crippen LogP contribution in [0.5, 0.6) is 0 Å². The largest absolute Gasteiger partial charge is 0.377 e. The van der Waals surface area contributed by atoms with Crippen molar-refractivity contribution in [2.75, 3.05) is 31.2 Å². The predicted octanol–water partition coefficient (Wildman–Crippen LogP) is 3.63. The second-order valence-electron chi connectivity index (χ2n) is 5.50. The molecule has 3 nitrogen and oxygen atoms in total. The summed E-state index contributed by atoms with van der Waals surface area (Å²) in [6.45, 7) is 10.0. The van der Waals surface area contributed by atoms with Crippen molar-refractivity contribution >= 4 is 17.3 Å². The third-order valence-electron chi connectivity index (χ3n) is 3.85. The number of ether oxygens (including phenoxy) is 1. The Hall–Kier alpha value is -0.770. The van der Waals surface area contributed by atoms with Crippen molar-refractivity contribution in [3.05, 3.63) is 28.8 Å². The highest BCUT2D eigenvalue weighted by Gasteiger charge is 2.20. The molecule has 2 atom stereocenters. The van der Waals surface area contributed by atoms with Gasteiger partial charge in [-0.15, -0.1) is 0 Å². The summed E-state index contributed by atoms with van der Waals surface area (Å²) >= 11 is 6.47. The zero-order chi connectivity index (χ0) is 14.5. The van der Waals surface area contributed by atoms with E-state index in [0.29, 0.717) is 12.1 Å².